The highest BCUT2D eigenvalue weighted by atomic mass is 16.4. The Bertz CT molecular complexity index is 572. The molecule has 0 aliphatic carbocycles. The number of carboxylic acids is 1. The number of nitrogen functional groups attached to an aromatic ring is 1. The lowest BCUT2D eigenvalue weighted by Gasteiger charge is -2.12. The molecule has 0 aliphatic rings. The molecule has 2 rings (SSSR count). The van der Waals surface area contributed by atoms with Crippen LogP contribution in [0, 0.1) is 0 Å². The fourth-order valence-electron chi connectivity index (χ4n) is 1.67. The summed E-state index contributed by atoms with van der Waals surface area (Å²) in [6, 6.07) is 7.42. The third kappa shape index (κ3) is 2.13. The van der Waals surface area contributed by atoms with Crippen molar-refractivity contribution in [2.24, 2.45) is 0 Å². The van der Waals surface area contributed by atoms with Gasteiger partial charge < -0.3 is 20.7 Å². The van der Waals surface area contributed by atoms with Gasteiger partial charge in [-0.05, 0) is 12.1 Å². The Hall–Kier alpha value is -2.50. The number of carbonyl (C=O) groups is 1. The van der Waals surface area contributed by atoms with Crippen molar-refractivity contribution in [2.75, 3.05) is 24.7 Å². The monoisotopic (exact) mass is 246 g/mol. The van der Waals surface area contributed by atoms with E-state index in [0.717, 1.165) is 5.69 Å². The van der Waals surface area contributed by atoms with Crippen molar-refractivity contribution in [3.8, 4) is 11.3 Å². The highest BCUT2D eigenvalue weighted by molar-refractivity contribution is 5.93. The van der Waals surface area contributed by atoms with Crippen LogP contribution in [0.5, 0.6) is 0 Å². The SMILES string of the molecule is CN(C)c1ccc(-c2nc(N)[nH]c2C(=O)O)cc1. The molecule has 0 saturated heterocycles. The summed E-state index contributed by atoms with van der Waals surface area (Å²) < 4.78 is 0. The number of anilines is 2. The lowest BCUT2D eigenvalue weighted by atomic mass is 10.1. The summed E-state index contributed by atoms with van der Waals surface area (Å²) in [6.07, 6.45) is 0. The van der Waals surface area contributed by atoms with Crippen LogP contribution in [0.2, 0.25) is 0 Å². The van der Waals surface area contributed by atoms with E-state index in [1.54, 1.807) is 0 Å². The summed E-state index contributed by atoms with van der Waals surface area (Å²) >= 11 is 0. The minimum atomic E-state index is -1.08. The lowest BCUT2D eigenvalue weighted by Crippen LogP contribution is -2.08. The van der Waals surface area contributed by atoms with Crippen molar-refractivity contribution >= 4 is 17.6 Å². The largest absolute Gasteiger partial charge is 0.477 e. The minimum absolute atomic E-state index is 0.00473. The van der Waals surface area contributed by atoms with Crippen LogP contribution >= 0.6 is 0 Å². The van der Waals surface area contributed by atoms with Crippen LogP contribution in [0.25, 0.3) is 11.3 Å². The Morgan fingerprint density at radius 1 is 1.33 bits per heavy atom. The maximum atomic E-state index is 11.0. The van der Waals surface area contributed by atoms with Gasteiger partial charge in [-0.25, -0.2) is 9.78 Å². The van der Waals surface area contributed by atoms with E-state index in [1.165, 1.54) is 0 Å². The van der Waals surface area contributed by atoms with Gasteiger partial charge in [-0.15, -0.1) is 0 Å². The molecule has 0 unspecified atom stereocenters. The Morgan fingerprint density at radius 3 is 2.44 bits per heavy atom. The minimum Gasteiger partial charge on any atom is -0.477 e. The second-order valence-electron chi connectivity index (χ2n) is 4.09. The highest BCUT2D eigenvalue weighted by Crippen LogP contribution is 2.24. The van der Waals surface area contributed by atoms with E-state index in [4.69, 9.17) is 10.8 Å². The van der Waals surface area contributed by atoms with Crippen LogP contribution in [0.3, 0.4) is 0 Å². The number of benzene rings is 1. The van der Waals surface area contributed by atoms with Gasteiger partial charge in [0.25, 0.3) is 0 Å². The van der Waals surface area contributed by atoms with E-state index in [2.05, 4.69) is 9.97 Å². The summed E-state index contributed by atoms with van der Waals surface area (Å²) in [5.74, 6) is -0.982. The zero-order valence-electron chi connectivity index (χ0n) is 10.1. The van der Waals surface area contributed by atoms with Gasteiger partial charge in [-0.3, -0.25) is 0 Å². The normalized spacial score (nSPS) is 10.3. The molecule has 1 aromatic carbocycles. The van der Waals surface area contributed by atoms with Gasteiger partial charge >= 0.3 is 5.97 Å². The molecular formula is C12H14N4O2. The Kier molecular flexibility index (Phi) is 2.93. The number of nitrogens with two attached hydrogens (primary N) is 1. The third-order valence-electron chi connectivity index (χ3n) is 2.59. The molecule has 0 aliphatic heterocycles. The first-order valence-electron chi connectivity index (χ1n) is 5.35. The number of nitrogens with zero attached hydrogens (tertiary/aromatic N) is 2. The van der Waals surface area contributed by atoms with E-state index in [9.17, 15) is 4.79 Å². The average Bonchev–Trinajstić information content (AvgIpc) is 2.71. The molecule has 0 bridgehead atoms. The summed E-state index contributed by atoms with van der Waals surface area (Å²) in [5, 5.41) is 9.05. The molecule has 6 nitrogen and oxygen atoms in total. The summed E-state index contributed by atoms with van der Waals surface area (Å²) in [6.45, 7) is 0. The van der Waals surface area contributed by atoms with Gasteiger partial charge in [0.2, 0.25) is 0 Å². The van der Waals surface area contributed by atoms with Crippen LogP contribution in [0.4, 0.5) is 11.6 Å². The molecule has 0 amide bonds. The summed E-state index contributed by atoms with van der Waals surface area (Å²) in [4.78, 5) is 19.5. The number of hydrogen-bond donors (Lipinski definition) is 3. The molecule has 1 aromatic heterocycles. The maximum absolute atomic E-state index is 11.0. The Labute approximate surface area is 104 Å². The number of aromatic amines is 1. The zero-order valence-corrected chi connectivity index (χ0v) is 10.1. The molecule has 6 heteroatoms. The van der Waals surface area contributed by atoms with Crippen LogP contribution in [-0.4, -0.2) is 35.1 Å². The predicted octanol–water partition coefficient (Wildman–Crippen LogP) is 1.42. The molecule has 0 fully saturated rings. The molecular weight excluding hydrogens is 232 g/mol. The van der Waals surface area contributed by atoms with Gasteiger partial charge in [0.15, 0.2) is 11.6 Å². The van der Waals surface area contributed by atoms with E-state index in [0.29, 0.717) is 11.3 Å². The van der Waals surface area contributed by atoms with E-state index in [1.807, 2.05) is 43.3 Å². The van der Waals surface area contributed by atoms with Crippen molar-refractivity contribution < 1.29 is 9.90 Å². The first-order chi connectivity index (χ1) is 8.49. The number of hydrogen-bond acceptors (Lipinski definition) is 4. The number of aromatic nitrogens is 2. The number of rotatable bonds is 3. The first kappa shape index (κ1) is 12.0. The van der Waals surface area contributed by atoms with Crippen LogP contribution < -0.4 is 10.6 Å². The smallest absolute Gasteiger partial charge is 0.354 e. The van der Waals surface area contributed by atoms with Crippen LogP contribution in [0.15, 0.2) is 24.3 Å². The van der Waals surface area contributed by atoms with Crippen molar-refractivity contribution in [3.63, 3.8) is 0 Å². The Balaban J connectivity index is 2.45. The van der Waals surface area contributed by atoms with Crippen molar-refractivity contribution in [3.05, 3.63) is 30.0 Å². The molecule has 0 radical (unpaired) electrons. The van der Waals surface area contributed by atoms with Gasteiger partial charge in [-0.1, -0.05) is 12.1 Å². The molecule has 4 N–H and O–H groups in total. The number of nitrogens with one attached hydrogen (secondary N) is 1. The Morgan fingerprint density at radius 2 is 1.94 bits per heavy atom. The van der Waals surface area contributed by atoms with Crippen molar-refractivity contribution in [1.82, 2.24) is 9.97 Å². The summed E-state index contributed by atoms with van der Waals surface area (Å²) in [7, 11) is 3.87. The van der Waals surface area contributed by atoms with E-state index >= 15 is 0 Å². The maximum Gasteiger partial charge on any atom is 0.354 e. The third-order valence-corrected chi connectivity index (χ3v) is 2.59. The second kappa shape index (κ2) is 4.40. The van der Waals surface area contributed by atoms with Gasteiger partial charge in [0.05, 0.1) is 0 Å². The first-order valence-corrected chi connectivity index (χ1v) is 5.35. The molecule has 18 heavy (non-hydrogen) atoms. The fourth-order valence-corrected chi connectivity index (χ4v) is 1.67. The number of carboxylic acid groups (broad SMARTS) is 1. The zero-order chi connectivity index (χ0) is 13.3. The fraction of sp³-hybridized carbons (Fsp3) is 0.167. The van der Waals surface area contributed by atoms with E-state index in [-0.39, 0.29) is 11.6 Å². The quantitative estimate of drug-likeness (QED) is 0.761. The lowest BCUT2D eigenvalue weighted by molar-refractivity contribution is 0.0692. The van der Waals surface area contributed by atoms with Crippen LogP contribution in [0.1, 0.15) is 10.5 Å². The van der Waals surface area contributed by atoms with Crippen molar-refractivity contribution in [2.45, 2.75) is 0 Å². The highest BCUT2D eigenvalue weighted by Gasteiger charge is 2.16. The number of imidazole rings is 1. The number of H-pyrrole nitrogens is 1. The molecule has 2 aromatic rings. The molecule has 0 spiro atoms. The van der Waals surface area contributed by atoms with Gasteiger partial charge in [0, 0.05) is 25.3 Å². The topological polar surface area (TPSA) is 95.2 Å². The second-order valence-corrected chi connectivity index (χ2v) is 4.09. The number of aromatic carboxylic acids is 1. The van der Waals surface area contributed by atoms with E-state index < -0.39 is 5.97 Å². The standard InChI is InChI=1S/C12H14N4O2/c1-16(2)8-5-3-7(4-6-8)9-10(11(17)18)15-12(13)14-9/h3-6H,1-2H3,(H,17,18)(H3,13,14,15). The van der Waals surface area contributed by atoms with Gasteiger partial charge in [0.1, 0.15) is 5.69 Å². The molecule has 0 atom stereocenters. The van der Waals surface area contributed by atoms with Gasteiger partial charge in [-0.2, -0.15) is 0 Å². The summed E-state index contributed by atoms with van der Waals surface area (Å²) in [5.41, 5.74) is 7.59. The van der Waals surface area contributed by atoms with Crippen molar-refractivity contribution in [1.29, 1.82) is 0 Å². The molecule has 94 valence electrons. The predicted molar refractivity (Wildman–Crippen MR) is 69.7 cm³/mol. The average molecular weight is 246 g/mol. The molecule has 1 heterocycles. The van der Waals surface area contributed by atoms with Crippen LogP contribution in [-0.2, 0) is 0 Å². The molecule has 0 saturated carbocycles.